The van der Waals surface area contributed by atoms with Crippen LogP contribution in [-0.2, 0) is 4.79 Å². The highest BCUT2D eigenvalue weighted by Gasteiger charge is 2.33. The summed E-state index contributed by atoms with van der Waals surface area (Å²) in [5.74, 6) is 0.584. The van der Waals surface area contributed by atoms with Gasteiger partial charge in [-0.25, -0.2) is 0 Å². The fourth-order valence-corrected chi connectivity index (χ4v) is 3.83. The highest BCUT2D eigenvalue weighted by atomic mass is 32.1. The Morgan fingerprint density at radius 2 is 1.93 bits per heavy atom. The van der Waals surface area contributed by atoms with Crippen molar-refractivity contribution in [2.45, 2.75) is 39.7 Å². The van der Waals surface area contributed by atoms with Crippen molar-refractivity contribution in [3.8, 4) is 5.75 Å². The van der Waals surface area contributed by atoms with Gasteiger partial charge in [-0.2, -0.15) is 0 Å². The Morgan fingerprint density at radius 3 is 2.53 bits per heavy atom. The molecule has 0 bridgehead atoms. The maximum Gasteiger partial charge on any atom is 0.252 e. The van der Waals surface area contributed by atoms with Gasteiger partial charge in [0.2, 0.25) is 5.91 Å². The van der Waals surface area contributed by atoms with Crippen molar-refractivity contribution < 1.29 is 14.3 Å². The van der Waals surface area contributed by atoms with Crippen LogP contribution >= 0.6 is 12.2 Å². The molecule has 2 amide bonds. The lowest BCUT2D eigenvalue weighted by Gasteiger charge is -2.37. The molecular weight excluding hydrogens is 400 g/mol. The zero-order valence-electron chi connectivity index (χ0n) is 18.4. The van der Waals surface area contributed by atoms with E-state index in [0.29, 0.717) is 23.8 Å². The molecule has 30 heavy (non-hydrogen) atoms. The Bertz CT molecular complexity index is 733. The van der Waals surface area contributed by atoms with E-state index >= 15 is 0 Å². The second-order valence-corrected chi connectivity index (χ2v) is 8.37. The number of hydrogen-bond acceptors (Lipinski definition) is 4. The van der Waals surface area contributed by atoms with Crippen molar-refractivity contribution >= 4 is 29.1 Å². The van der Waals surface area contributed by atoms with E-state index in [1.54, 1.807) is 31.4 Å². The van der Waals surface area contributed by atoms with Gasteiger partial charge in [-0.1, -0.05) is 19.9 Å². The minimum absolute atomic E-state index is 0.0485. The number of benzene rings is 1. The van der Waals surface area contributed by atoms with Crippen molar-refractivity contribution in [2.75, 3.05) is 33.3 Å². The average molecular weight is 435 g/mol. The van der Waals surface area contributed by atoms with Gasteiger partial charge in [-0.15, -0.1) is 0 Å². The summed E-state index contributed by atoms with van der Waals surface area (Å²) in [6.07, 6.45) is 1.56. The van der Waals surface area contributed by atoms with E-state index < -0.39 is 6.04 Å². The first-order chi connectivity index (χ1) is 14.3. The number of hydrogen-bond donors (Lipinski definition) is 3. The Labute approximate surface area is 184 Å². The number of carbonyl (C=O) groups excluding carboxylic acids is 2. The van der Waals surface area contributed by atoms with Gasteiger partial charge in [-0.3, -0.25) is 9.59 Å². The number of methoxy groups -OCH3 is 1. The molecule has 0 spiro atoms. The second kappa shape index (κ2) is 11.7. The molecule has 1 fully saturated rings. The van der Waals surface area contributed by atoms with E-state index in [2.05, 4.69) is 20.9 Å². The number of piperidine rings is 1. The van der Waals surface area contributed by atoms with Crippen LogP contribution in [0, 0.1) is 11.8 Å². The summed E-state index contributed by atoms with van der Waals surface area (Å²) in [7, 11) is 1.56. The fraction of sp³-hybridized carbons (Fsp3) is 0.591. The molecule has 0 radical (unpaired) electrons. The zero-order chi connectivity index (χ0) is 22.1. The molecule has 0 aromatic heterocycles. The van der Waals surface area contributed by atoms with E-state index in [4.69, 9.17) is 17.0 Å². The monoisotopic (exact) mass is 434 g/mol. The molecule has 166 valence electrons. The highest BCUT2D eigenvalue weighted by Crippen LogP contribution is 2.22. The third-order valence-electron chi connectivity index (χ3n) is 5.21. The Balaban J connectivity index is 2.09. The fourth-order valence-electron chi connectivity index (χ4n) is 3.50. The summed E-state index contributed by atoms with van der Waals surface area (Å²) in [5, 5.41) is 9.88. The molecule has 0 saturated carbocycles. The van der Waals surface area contributed by atoms with Crippen molar-refractivity contribution in [3.05, 3.63) is 29.8 Å². The maximum atomic E-state index is 13.0. The lowest BCUT2D eigenvalue weighted by molar-refractivity contribution is -0.124. The summed E-state index contributed by atoms with van der Waals surface area (Å²) >= 11 is 5.41. The van der Waals surface area contributed by atoms with E-state index in [1.807, 2.05) is 20.8 Å². The predicted molar refractivity (Wildman–Crippen MR) is 123 cm³/mol. The van der Waals surface area contributed by atoms with Gasteiger partial charge in [0, 0.05) is 31.7 Å². The Morgan fingerprint density at radius 1 is 1.23 bits per heavy atom. The summed E-state index contributed by atoms with van der Waals surface area (Å²) in [5.41, 5.74) is 0.474. The number of ether oxygens (including phenoxy) is 1. The molecule has 1 aromatic rings. The van der Waals surface area contributed by atoms with Gasteiger partial charge in [0.1, 0.15) is 11.8 Å². The molecule has 2 rings (SSSR count). The van der Waals surface area contributed by atoms with Gasteiger partial charge < -0.3 is 25.6 Å². The predicted octanol–water partition coefficient (Wildman–Crippen LogP) is 2.17. The summed E-state index contributed by atoms with van der Waals surface area (Å²) in [6.45, 7) is 9.00. The molecular formula is C22H34N4O3S. The molecule has 1 saturated heterocycles. The maximum absolute atomic E-state index is 13.0. The van der Waals surface area contributed by atoms with Crippen molar-refractivity contribution in [2.24, 2.45) is 11.8 Å². The molecule has 1 aliphatic rings. The number of nitrogens with zero attached hydrogens (tertiary/aromatic N) is 1. The van der Waals surface area contributed by atoms with Crippen LogP contribution in [0.3, 0.4) is 0 Å². The average Bonchev–Trinajstić information content (AvgIpc) is 2.76. The lowest BCUT2D eigenvalue weighted by Crippen LogP contribution is -2.54. The van der Waals surface area contributed by atoms with E-state index in [1.165, 1.54) is 0 Å². The van der Waals surface area contributed by atoms with Gasteiger partial charge >= 0.3 is 0 Å². The normalized spacial score (nSPS) is 15.4. The van der Waals surface area contributed by atoms with Crippen molar-refractivity contribution in [1.29, 1.82) is 0 Å². The Hall–Kier alpha value is -2.35. The molecule has 1 heterocycles. The van der Waals surface area contributed by atoms with Gasteiger partial charge in [-0.05, 0) is 62.0 Å². The van der Waals surface area contributed by atoms with Crippen LogP contribution < -0.4 is 20.7 Å². The van der Waals surface area contributed by atoms with Crippen LogP contribution in [0.5, 0.6) is 5.75 Å². The van der Waals surface area contributed by atoms with E-state index in [9.17, 15) is 9.59 Å². The number of amides is 2. The molecule has 1 atom stereocenters. The first-order valence-electron chi connectivity index (χ1n) is 10.6. The SMILES string of the molecule is CCNC(=S)N1CCC([C@H](NC(=O)c2cccc(OC)c2)C(=O)NCC(C)C)CC1. The molecule has 7 nitrogen and oxygen atoms in total. The zero-order valence-corrected chi connectivity index (χ0v) is 19.2. The standard InChI is InChI=1S/C22H34N4O3S/c1-5-23-22(30)26-11-9-16(10-12-26)19(21(28)24-14-15(2)3)25-20(27)17-7-6-8-18(13-17)29-4/h6-8,13,15-16,19H,5,9-12,14H2,1-4H3,(H,23,30)(H,24,28)(H,25,27)/t19-/m0/s1. The highest BCUT2D eigenvalue weighted by molar-refractivity contribution is 7.80. The smallest absolute Gasteiger partial charge is 0.252 e. The number of carbonyl (C=O) groups is 2. The molecule has 1 aromatic carbocycles. The topological polar surface area (TPSA) is 82.7 Å². The molecule has 0 unspecified atom stereocenters. The van der Waals surface area contributed by atoms with Crippen LogP contribution in [0.15, 0.2) is 24.3 Å². The van der Waals surface area contributed by atoms with Gasteiger partial charge in [0.25, 0.3) is 5.91 Å². The third-order valence-corrected chi connectivity index (χ3v) is 5.61. The van der Waals surface area contributed by atoms with E-state index in [-0.39, 0.29) is 17.7 Å². The van der Waals surface area contributed by atoms with Crippen molar-refractivity contribution in [1.82, 2.24) is 20.9 Å². The van der Waals surface area contributed by atoms with Crippen LogP contribution in [0.1, 0.15) is 44.0 Å². The molecule has 1 aliphatic heterocycles. The molecule has 0 aliphatic carbocycles. The van der Waals surface area contributed by atoms with E-state index in [0.717, 1.165) is 37.6 Å². The van der Waals surface area contributed by atoms with Crippen LogP contribution in [0.25, 0.3) is 0 Å². The largest absolute Gasteiger partial charge is 0.497 e. The summed E-state index contributed by atoms with van der Waals surface area (Å²) in [6, 6.07) is 6.36. The first kappa shape index (κ1) is 23.9. The minimum Gasteiger partial charge on any atom is -0.497 e. The molecule has 8 heteroatoms. The van der Waals surface area contributed by atoms with Gasteiger partial charge in [0.15, 0.2) is 5.11 Å². The van der Waals surface area contributed by atoms with Crippen LogP contribution in [-0.4, -0.2) is 61.2 Å². The lowest BCUT2D eigenvalue weighted by atomic mass is 9.88. The van der Waals surface area contributed by atoms with Crippen LogP contribution in [0.4, 0.5) is 0 Å². The number of rotatable bonds is 8. The number of nitrogens with one attached hydrogen (secondary N) is 3. The minimum atomic E-state index is -0.586. The first-order valence-corrected chi connectivity index (χ1v) is 11.0. The van der Waals surface area contributed by atoms with Crippen molar-refractivity contribution in [3.63, 3.8) is 0 Å². The Kier molecular flexibility index (Phi) is 9.36. The van der Waals surface area contributed by atoms with Crippen LogP contribution in [0.2, 0.25) is 0 Å². The van der Waals surface area contributed by atoms with Gasteiger partial charge in [0.05, 0.1) is 7.11 Å². The number of likely N-dealkylation sites (tertiary alicyclic amines) is 1. The summed E-state index contributed by atoms with van der Waals surface area (Å²) < 4.78 is 5.21. The molecule has 3 N–H and O–H groups in total. The quantitative estimate of drug-likeness (QED) is 0.544. The number of thiocarbonyl (C=S) groups is 1. The third kappa shape index (κ3) is 6.86. The summed E-state index contributed by atoms with van der Waals surface area (Å²) in [4.78, 5) is 28.0. The second-order valence-electron chi connectivity index (χ2n) is 7.98.